The molecular formula is C37H44N4O6. The summed E-state index contributed by atoms with van der Waals surface area (Å²) in [6.45, 7) is 13.8. The van der Waals surface area contributed by atoms with Crippen molar-refractivity contribution in [3.63, 3.8) is 0 Å². The van der Waals surface area contributed by atoms with E-state index in [-0.39, 0.29) is 29.9 Å². The molecule has 0 saturated heterocycles. The van der Waals surface area contributed by atoms with Crippen molar-refractivity contribution in [2.45, 2.75) is 98.4 Å². The van der Waals surface area contributed by atoms with Gasteiger partial charge in [0.2, 0.25) is 0 Å². The summed E-state index contributed by atoms with van der Waals surface area (Å²) in [6.07, 6.45) is 0.662. The van der Waals surface area contributed by atoms with E-state index < -0.39 is 18.4 Å². The second-order valence-corrected chi connectivity index (χ2v) is 13.6. The first-order valence-corrected chi connectivity index (χ1v) is 16.4. The molecular weight excluding hydrogens is 596 g/mol. The highest BCUT2D eigenvalue weighted by Gasteiger charge is 2.35. The number of hydrogen-bond acceptors (Lipinski definition) is 7. The summed E-state index contributed by atoms with van der Waals surface area (Å²) in [6, 6.07) is 3.64. The lowest BCUT2D eigenvalue weighted by Gasteiger charge is -2.17. The van der Waals surface area contributed by atoms with E-state index in [1.807, 2.05) is 26.8 Å². The lowest BCUT2D eigenvalue weighted by molar-refractivity contribution is -0.137. The van der Waals surface area contributed by atoms with Gasteiger partial charge in [0, 0.05) is 57.4 Å². The highest BCUT2D eigenvalue weighted by atomic mass is 16.5. The number of aliphatic carboxylic acids is 1. The fraction of sp³-hybridized carbons (Fsp3) is 0.432. The van der Waals surface area contributed by atoms with Gasteiger partial charge in [0.1, 0.15) is 5.76 Å². The van der Waals surface area contributed by atoms with E-state index in [1.54, 1.807) is 19.1 Å². The van der Waals surface area contributed by atoms with Crippen LogP contribution in [0.15, 0.2) is 12.1 Å². The number of nitrogens with zero attached hydrogens (tertiary/aromatic N) is 2. The zero-order valence-electron chi connectivity index (χ0n) is 28.0. The van der Waals surface area contributed by atoms with E-state index >= 15 is 0 Å². The number of H-pyrrole nitrogens is 2. The highest BCUT2D eigenvalue weighted by Crippen LogP contribution is 2.48. The number of carboxylic acid groups (broad SMARTS) is 1. The number of aromatic nitrogens is 4. The Hall–Kier alpha value is -4.25. The summed E-state index contributed by atoms with van der Waals surface area (Å²) < 4.78 is 0. The lowest BCUT2D eigenvalue weighted by atomic mass is 9.84. The van der Waals surface area contributed by atoms with Crippen LogP contribution in [0.2, 0.25) is 0 Å². The number of aliphatic hydroxyl groups excluding tert-OH is 3. The Kier molecular flexibility index (Phi) is 8.40. The van der Waals surface area contributed by atoms with Gasteiger partial charge in [-0.3, -0.25) is 4.79 Å². The molecule has 47 heavy (non-hydrogen) atoms. The Labute approximate surface area is 274 Å². The maximum Gasteiger partial charge on any atom is 0.303 e. The van der Waals surface area contributed by atoms with E-state index in [2.05, 4.69) is 30.7 Å². The van der Waals surface area contributed by atoms with Crippen molar-refractivity contribution >= 4 is 51.1 Å². The Bertz CT molecular complexity index is 1970. The second-order valence-electron chi connectivity index (χ2n) is 13.6. The monoisotopic (exact) mass is 640 g/mol. The standard InChI is InChI=1S/C37H44N4O6/c1-8-20-24-13-25-22(11-15(2)3)31(37(46)47)27(38-25)14-26-30(19(7)42)17(5)34(40-26)18(6)33-16(4)21(9-10-29(44)45)35(41-33)23-12-28(43)32(20)36(23)39-24/h12-16,19,21,37,39,41-43,46-47H,8-11H2,1-7H3,(H,44,45)/t16-,19?,21-/m0/s1. The minimum atomic E-state index is -1.78. The van der Waals surface area contributed by atoms with Crippen molar-refractivity contribution in [2.75, 3.05) is 0 Å². The first kappa shape index (κ1) is 32.7. The van der Waals surface area contributed by atoms with Gasteiger partial charge in [-0.1, -0.05) is 27.7 Å². The molecule has 6 rings (SSSR count). The summed E-state index contributed by atoms with van der Waals surface area (Å²) in [5.41, 5.74) is 11.1. The molecule has 2 aromatic rings. The van der Waals surface area contributed by atoms with Crippen LogP contribution in [0.4, 0.5) is 0 Å². The first-order chi connectivity index (χ1) is 22.2. The van der Waals surface area contributed by atoms with Gasteiger partial charge in [0.25, 0.3) is 0 Å². The van der Waals surface area contributed by atoms with Gasteiger partial charge < -0.3 is 35.5 Å². The molecule has 7 N–H and O–H groups in total. The fourth-order valence-corrected chi connectivity index (χ4v) is 7.88. The number of carbonyl (C=O) groups is 1. The van der Waals surface area contributed by atoms with Crippen molar-refractivity contribution in [1.82, 2.24) is 19.9 Å². The number of carboxylic acids is 1. The largest absolute Gasteiger partial charge is 0.507 e. The maximum atomic E-state index is 11.7. The average molecular weight is 641 g/mol. The van der Waals surface area contributed by atoms with Crippen LogP contribution in [0.5, 0.6) is 0 Å². The Morgan fingerprint density at radius 1 is 0.979 bits per heavy atom. The number of aryl methyl sites for hydroxylation is 1. The van der Waals surface area contributed by atoms with E-state index in [4.69, 9.17) is 9.97 Å². The normalized spacial score (nSPS) is 18.9. The first-order valence-electron chi connectivity index (χ1n) is 16.4. The van der Waals surface area contributed by atoms with Gasteiger partial charge in [-0.05, 0) is 86.4 Å². The van der Waals surface area contributed by atoms with Crippen molar-refractivity contribution in [3.8, 4) is 0 Å². The number of aromatic amines is 2. The zero-order valence-corrected chi connectivity index (χ0v) is 28.0. The molecule has 4 aliphatic rings. The third kappa shape index (κ3) is 5.38. The van der Waals surface area contributed by atoms with E-state index in [0.29, 0.717) is 64.3 Å². The molecule has 248 valence electrons. The topological polar surface area (TPSA) is 176 Å². The fourth-order valence-electron chi connectivity index (χ4n) is 7.88. The van der Waals surface area contributed by atoms with Gasteiger partial charge in [-0.25, -0.2) is 9.97 Å². The molecule has 0 fully saturated rings. The average Bonchev–Trinajstić information content (AvgIpc) is 3.75. The number of fused-ring (bicyclic) bond motifs is 8. The van der Waals surface area contributed by atoms with Crippen LogP contribution in [0, 0.1) is 12.8 Å². The van der Waals surface area contributed by atoms with Crippen LogP contribution in [0.25, 0.3) is 45.2 Å². The van der Waals surface area contributed by atoms with Crippen LogP contribution in [-0.4, -0.2) is 63.8 Å². The summed E-state index contributed by atoms with van der Waals surface area (Å²) in [5, 5.41) is 53.4. The molecule has 0 saturated carbocycles. The van der Waals surface area contributed by atoms with E-state index in [0.717, 1.165) is 44.7 Å². The number of allylic oxidation sites excluding steroid dienone is 2. The van der Waals surface area contributed by atoms with Crippen molar-refractivity contribution in [2.24, 2.45) is 5.92 Å². The van der Waals surface area contributed by atoms with Crippen molar-refractivity contribution < 1.29 is 30.3 Å². The van der Waals surface area contributed by atoms with Gasteiger partial charge >= 0.3 is 5.97 Å². The Morgan fingerprint density at radius 3 is 2.30 bits per heavy atom. The van der Waals surface area contributed by atoms with Crippen LogP contribution < -0.4 is 0 Å². The summed E-state index contributed by atoms with van der Waals surface area (Å²) in [5.74, 6) is -0.806. The van der Waals surface area contributed by atoms with Gasteiger partial charge in [-0.2, -0.15) is 0 Å². The summed E-state index contributed by atoms with van der Waals surface area (Å²) in [4.78, 5) is 28.9. The van der Waals surface area contributed by atoms with Crippen molar-refractivity contribution in [1.29, 1.82) is 0 Å². The number of aliphatic hydroxyl groups is 4. The minimum absolute atomic E-state index is 0.00626. The molecule has 3 atom stereocenters. The van der Waals surface area contributed by atoms with Crippen molar-refractivity contribution in [3.05, 3.63) is 68.6 Å². The maximum absolute atomic E-state index is 11.7. The van der Waals surface area contributed by atoms with Gasteiger partial charge in [0.05, 0.1) is 34.4 Å². The molecule has 0 spiro atoms. The molecule has 10 nitrogen and oxygen atoms in total. The molecule has 2 aromatic heterocycles. The third-order valence-electron chi connectivity index (χ3n) is 9.98. The molecule has 3 aliphatic heterocycles. The van der Waals surface area contributed by atoms with E-state index in [9.17, 15) is 30.3 Å². The molecule has 0 radical (unpaired) electrons. The zero-order chi connectivity index (χ0) is 34.1. The Balaban J connectivity index is 1.82. The molecule has 8 bridgehead atoms. The van der Waals surface area contributed by atoms with E-state index in [1.165, 1.54) is 0 Å². The molecule has 0 amide bonds. The second kappa shape index (κ2) is 12.1. The molecule has 1 unspecified atom stereocenters. The Morgan fingerprint density at radius 2 is 1.68 bits per heavy atom. The van der Waals surface area contributed by atoms with Gasteiger partial charge in [0.15, 0.2) is 6.29 Å². The molecule has 1 aliphatic carbocycles. The number of nitrogens with one attached hydrogen (secondary N) is 2. The summed E-state index contributed by atoms with van der Waals surface area (Å²) in [7, 11) is 0. The van der Waals surface area contributed by atoms with Crippen LogP contribution >= 0.6 is 0 Å². The summed E-state index contributed by atoms with van der Waals surface area (Å²) >= 11 is 0. The molecule has 10 heteroatoms. The van der Waals surface area contributed by atoms with Crippen LogP contribution in [0.1, 0.15) is 129 Å². The smallest absolute Gasteiger partial charge is 0.303 e. The predicted molar refractivity (Wildman–Crippen MR) is 184 cm³/mol. The number of rotatable bonds is 8. The minimum Gasteiger partial charge on any atom is -0.507 e. The molecule has 5 heterocycles. The van der Waals surface area contributed by atoms with Crippen LogP contribution in [-0.2, 0) is 11.2 Å². The predicted octanol–water partition coefficient (Wildman–Crippen LogP) is 6.61. The SMILES string of the molecule is CCc1c2c3[nH]c1cc1nc(cc4nc(c(C)c5[nH]c(c3C=C2O)[C@@H](CCC(=O)O)[C@@H]5C)C(C)=C4C(C)O)C(C(O)O)=C1CC(C)C. The third-order valence-corrected chi connectivity index (χ3v) is 9.98. The quantitative estimate of drug-likeness (QED) is 0.158. The number of hydrogen-bond donors (Lipinski definition) is 7. The van der Waals surface area contributed by atoms with Crippen LogP contribution in [0.3, 0.4) is 0 Å². The van der Waals surface area contributed by atoms with Gasteiger partial charge in [-0.15, -0.1) is 0 Å². The molecule has 0 aromatic carbocycles. The highest BCUT2D eigenvalue weighted by molar-refractivity contribution is 6.02. The lowest BCUT2D eigenvalue weighted by Crippen LogP contribution is -2.09.